The van der Waals surface area contributed by atoms with Gasteiger partial charge in [0.2, 0.25) is 5.91 Å². The molecule has 1 aliphatic rings. The van der Waals surface area contributed by atoms with Gasteiger partial charge in [-0.3, -0.25) is 14.4 Å². The highest BCUT2D eigenvalue weighted by Crippen LogP contribution is 2.65. The lowest BCUT2D eigenvalue weighted by Crippen LogP contribution is -2.21. The predicted octanol–water partition coefficient (Wildman–Crippen LogP) is 8.07. The molecule has 3 aromatic carbocycles. The summed E-state index contributed by atoms with van der Waals surface area (Å²) in [6.07, 6.45) is -8.54. The summed E-state index contributed by atoms with van der Waals surface area (Å²) in [6, 6.07) is 5.23. The van der Waals surface area contributed by atoms with E-state index >= 15 is 0 Å². The van der Waals surface area contributed by atoms with Crippen molar-refractivity contribution in [1.82, 2.24) is 0 Å². The van der Waals surface area contributed by atoms with Crippen LogP contribution in [0.3, 0.4) is 0 Å². The van der Waals surface area contributed by atoms with Gasteiger partial charge in [0, 0.05) is 17.7 Å². The Hall–Kier alpha value is -3.62. The summed E-state index contributed by atoms with van der Waals surface area (Å²) in [5.41, 5.74) is -3.52. The second kappa shape index (κ2) is 12.1. The molecule has 0 heterocycles. The van der Waals surface area contributed by atoms with E-state index in [1.54, 1.807) is 5.32 Å². The molecule has 0 aromatic heterocycles. The molecule has 4 rings (SSSR count). The van der Waals surface area contributed by atoms with Gasteiger partial charge in [0.1, 0.15) is 21.8 Å². The van der Waals surface area contributed by atoms with Crippen LogP contribution in [0.2, 0.25) is 5.02 Å². The van der Waals surface area contributed by atoms with E-state index in [0.29, 0.717) is 18.2 Å². The number of rotatable bonds is 7. The minimum atomic E-state index is -5.02. The summed E-state index contributed by atoms with van der Waals surface area (Å²) >= 11 is 18.6. The van der Waals surface area contributed by atoms with Crippen LogP contribution < -0.4 is 16.0 Å². The first kappa shape index (κ1) is 33.3. The van der Waals surface area contributed by atoms with Crippen LogP contribution in [-0.2, 0) is 15.8 Å². The number of carbonyl (C=O) groups excluding carboxylic acids is 3. The van der Waals surface area contributed by atoms with Gasteiger partial charge < -0.3 is 16.0 Å². The fraction of sp³-hybridized carbons (Fsp3) is 0.222. The Morgan fingerprint density at radius 2 is 1.48 bits per heavy atom. The minimum Gasteiger partial charge on any atom is -0.326 e. The van der Waals surface area contributed by atoms with Crippen LogP contribution in [-0.4, -0.2) is 28.5 Å². The van der Waals surface area contributed by atoms with Crippen LogP contribution in [0.25, 0.3) is 0 Å². The molecule has 1 saturated carbocycles. The molecule has 0 spiro atoms. The van der Waals surface area contributed by atoms with Crippen molar-refractivity contribution in [3.05, 3.63) is 87.2 Å². The fourth-order valence-corrected chi connectivity index (χ4v) is 5.39. The molecule has 0 unspecified atom stereocenters. The summed E-state index contributed by atoms with van der Waals surface area (Å²) in [6.45, 7) is 1.43. The average Bonchev–Trinajstić information content (AvgIpc) is 3.49. The number of anilines is 3. The molecule has 1 fully saturated rings. The summed E-state index contributed by atoms with van der Waals surface area (Å²) < 4.78 is 105. The third-order valence-electron chi connectivity index (χ3n) is 6.52. The number of benzene rings is 3. The number of hydrogen-bond acceptors (Lipinski definition) is 3. The molecule has 3 N–H and O–H groups in total. The zero-order valence-corrected chi connectivity index (χ0v) is 23.9. The monoisotopic (exact) mass is 687 g/mol. The number of nitrogens with one attached hydrogen (secondary N) is 3. The quantitative estimate of drug-likeness (QED) is 0.173. The standard InChI is InChI=1S/C27H16Cl3F8N3O3/c1-9-4-11(39-24(43)20-19(26(20,29)30)10-2-3-14(31)13(5-10)27(36,37)38)6-12(21(9)28)23(42)40-17-8-18(16(33)7-15(17)32)41-25(44)22(34)35/h2-8,19-20,22H,1H3,(H,39,43)(H,40,42)(H,41,44)/t19-,20+/m0/s1. The Labute approximate surface area is 257 Å². The van der Waals surface area contributed by atoms with Crippen LogP contribution in [0.4, 0.5) is 52.2 Å². The summed E-state index contributed by atoms with van der Waals surface area (Å²) in [5, 5.41) is 5.85. The third kappa shape index (κ3) is 6.71. The summed E-state index contributed by atoms with van der Waals surface area (Å²) in [7, 11) is 0. The van der Waals surface area contributed by atoms with Gasteiger partial charge in [0.15, 0.2) is 0 Å². The van der Waals surface area contributed by atoms with E-state index in [1.807, 2.05) is 0 Å². The van der Waals surface area contributed by atoms with Crippen molar-refractivity contribution in [2.45, 2.75) is 29.8 Å². The lowest BCUT2D eigenvalue weighted by atomic mass is 10.0. The molecule has 44 heavy (non-hydrogen) atoms. The van der Waals surface area contributed by atoms with Crippen molar-refractivity contribution < 1.29 is 49.5 Å². The van der Waals surface area contributed by atoms with Gasteiger partial charge in [-0.15, -0.1) is 23.2 Å². The topological polar surface area (TPSA) is 87.3 Å². The zero-order chi connectivity index (χ0) is 32.9. The largest absolute Gasteiger partial charge is 0.419 e. The minimum absolute atomic E-state index is 0.0728. The van der Waals surface area contributed by atoms with E-state index in [-0.39, 0.29) is 33.5 Å². The molecule has 3 amide bonds. The number of hydrogen-bond donors (Lipinski definition) is 3. The van der Waals surface area contributed by atoms with Gasteiger partial charge in [-0.25, -0.2) is 13.2 Å². The third-order valence-corrected chi connectivity index (χ3v) is 7.96. The van der Waals surface area contributed by atoms with Crippen molar-refractivity contribution in [2.24, 2.45) is 5.92 Å². The van der Waals surface area contributed by atoms with Gasteiger partial charge in [-0.2, -0.15) is 22.0 Å². The van der Waals surface area contributed by atoms with Crippen molar-refractivity contribution in [1.29, 1.82) is 0 Å². The zero-order valence-electron chi connectivity index (χ0n) is 21.7. The molecular formula is C27H16Cl3F8N3O3. The maximum absolute atomic E-state index is 14.4. The molecule has 0 saturated heterocycles. The second-order valence-corrected chi connectivity index (χ2v) is 11.4. The van der Waals surface area contributed by atoms with Crippen molar-refractivity contribution in [2.75, 3.05) is 16.0 Å². The van der Waals surface area contributed by atoms with Crippen molar-refractivity contribution in [3.63, 3.8) is 0 Å². The van der Waals surface area contributed by atoms with Crippen LogP contribution >= 0.6 is 34.8 Å². The maximum atomic E-state index is 14.4. The molecule has 2 atom stereocenters. The maximum Gasteiger partial charge on any atom is 0.419 e. The van der Waals surface area contributed by atoms with E-state index < -0.39 is 80.9 Å². The van der Waals surface area contributed by atoms with Crippen molar-refractivity contribution >= 4 is 69.6 Å². The van der Waals surface area contributed by atoms with E-state index in [4.69, 9.17) is 34.8 Å². The highest BCUT2D eigenvalue weighted by Gasteiger charge is 2.67. The number of carbonyl (C=O) groups is 3. The van der Waals surface area contributed by atoms with Gasteiger partial charge in [-0.05, 0) is 48.4 Å². The molecule has 234 valence electrons. The van der Waals surface area contributed by atoms with Crippen LogP contribution in [0, 0.1) is 30.3 Å². The number of halogens is 11. The number of aryl methyl sites for hydroxylation is 1. The Bertz CT molecular complexity index is 1680. The van der Waals surface area contributed by atoms with Crippen LogP contribution in [0.5, 0.6) is 0 Å². The SMILES string of the molecule is Cc1cc(NC(=O)[C@H]2[C@H](c3ccc(F)c(C(F)(F)F)c3)C2(Cl)Cl)cc(C(=O)Nc2cc(NC(=O)C(F)F)c(F)cc2F)c1Cl. The first-order valence-electron chi connectivity index (χ1n) is 12.1. The molecule has 17 heteroatoms. The average molecular weight is 689 g/mol. The first-order valence-corrected chi connectivity index (χ1v) is 13.2. The van der Waals surface area contributed by atoms with E-state index in [2.05, 4.69) is 10.6 Å². The lowest BCUT2D eigenvalue weighted by molar-refractivity contribution is -0.140. The number of amides is 3. The Morgan fingerprint density at radius 3 is 2.07 bits per heavy atom. The lowest BCUT2D eigenvalue weighted by Gasteiger charge is -2.14. The van der Waals surface area contributed by atoms with Gasteiger partial charge in [0.05, 0.1) is 33.4 Å². The molecule has 3 aromatic rings. The van der Waals surface area contributed by atoms with Crippen molar-refractivity contribution in [3.8, 4) is 0 Å². The highest BCUT2D eigenvalue weighted by atomic mass is 35.5. The first-order chi connectivity index (χ1) is 20.3. The molecule has 1 aliphatic carbocycles. The predicted molar refractivity (Wildman–Crippen MR) is 146 cm³/mol. The molecule has 0 radical (unpaired) electrons. The fourth-order valence-electron chi connectivity index (χ4n) is 4.37. The summed E-state index contributed by atoms with van der Waals surface area (Å²) in [4.78, 5) is 37.3. The Kier molecular flexibility index (Phi) is 9.11. The van der Waals surface area contributed by atoms with Crippen LogP contribution in [0.15, 0.2) is 42.5 Å². The normalized spacial score (nSPS) is 17.3. The van der Waals surface area contributed by atoms with E-state index in [1.165, 1.54) is 13.0 Å². The van der Waals surface area contributed by atoms with E-state index in [9.17, 15) is 49.5 Å². The second-order valence-electron chi connectivity index (χ2n) is 9.57. The smallest absolute Gasteiger partial charge is 0.326 e. The molecule has 6 nitrogen and oxygen atoms in total. The van der Waals surface area contributed by atoms with Gasteiger partial charge in [0.25, 0.3) is 11.8 Å². The Morgan fingerprint density at radius 1 is 0.864 bits per heavy atom. The molecule has 0 aliphatic heterocycles. The van der Waals surface area contributed by atoms with Gasteiger partial charge >= 0.3 is 12.6 Å². The molecule has 0 bridgehead atoms. The van der Waals surface area contributed by atoms with Crippen LogP contribution in [0.1, 0.15) is 33.0 Å². The highest BCUT2D eigenvalue weighted by molar-refractivity contribution is 6.53. The van der Waals surface area contributed by atoms with E-state index in [0.717, 1.165) is 12.1 Å². The molecular weight excluding hydrogens is 673 g/mol. The Balaban J connectivity index is 1.56. The number of alkyl halides is 7. The summed E-state index contributed by atoms with van der Waals surface area (Å²) in [5.74, 6) is -10.6. The van der Waals surface area contributed by atoms with Gasteiger partial charge in [-0.1, -0.05) is 17.7 Å².